The maximum Gasteiger partial charge on any atom is 0.149 e. The van der Waals surface area contributed by atoms with E-state index in [1.165, 1.54) is 6.20 Å². The van der Waals surface area contributed by atoms with Crippen LogP contribution in [0, 0.1) is 6.92 Å². The van der Waals surface area contributed by atoms with Gasteiger partial charge in [0.2, 0.25) is 0 Å². The van der Waals surface area contributed by atoms with Gasteiger partial charge in [-0.05, 0) is 24.6 Å². The fraction of sp³-hybridized carbons (Fsp3) is 0.154. The molecule has 0 unspecified atom stereocenters. The number of ether oxygens (including phenoxy) is 1. The lowest BCUT2D eigenvalue weighted by molar-refractivity contribution is 0.416. The molecule has 0 bridgehead atoms. The molecule has 6 heteroatoms. The maximum absolute atomic E-state index is 6.07. The van der Waals surface area contributed by atoms with Gasteiger partial charge in [-0.15, -0.1) is 0 Å². The average Bonchev–Trinajstić information content (AvgIpc) is 2.36. The molecule has 0 radical (unpaired) electrons. The van der Waals surface area contributed by atoms with Crippen molar-refractivity contribution in [3.63, 3.8) is 0 Å². The van der Waals surface area contributed by atoms with Crippen LogP contribution in [0.2, 0.25) is 10.0 Å². The van der Waals surface area contributed by atoms with Gasteiger partial charge in [-0.2, -0.15) is 0 Å². The van der Waals surface area contributed by atoms with Crippen LogP contribution in [0.15, 0.2) is 24.4 Å². The predicted octanol–water partition coefficient (Wildman–Crippen LogP) is 4.03. The quantitative estimate of drug-likeness (QED) is 0.898. The van der Waals surface area contributed by atoms with Gasteiger partial charge < -0.3 is 15.8 Å². The van der Waals surface area contributed by atoms with Gasteiger partial charge in [0.15, 0.2) is 0 Å². The van der Waals surface area contributed by atoms with Gasteiger partial charge in [-0.3, -0.25) is 0 Å². The molecule has 0 saturated carbocycles. The van der Waals surface area contributed by atoms with E-state index in [0.29, 0.717) is 27.3 Å². The van der Waals surface area contributed by atoms with Crippen molar-refractivity contribution in [3.8, 4) is 5.75 Å². The molecule has 1 heterocycles. The minimum atomic E-state index is 0.439. The molecule has 3 N–H and O–H groups in total. The first-order valence-electron chi connectivity index (χ1n) is 5.53. The summed E-state index contributed by atoms with van der Waals surface area (Å²) in [6.07, 6.45) is 1.53. The maximum atomic E-state index is 6.07. The van der Waals surface area contributed by atoms with E-state index in [1.54, 1.807) is 19.2 Å². The Kier molecular flexibility index (Phi) is 4.02. The van der Waals surface area contributed by atoms with Crippen LogP contribution >= 0.6 is 23.2 Å². The number of nitrogen functional groups attached to an aromatic ring is 1. The van der Waals surface area contributed by atoms with E-state index >= 15 is 0 Å². The van der Waals surface area contributed by atoms with Crippen LogP contribution in [-0.2, 0) is 0 Å². The van der Waals surface area contributed by atoms with E-state index < -0.39 is 0 Å². The Hall–Kier alpha value is -1.65. The summed E-state index contributed by atoms with van der Waals surface area (Å²) < 4.78 is 5.27. The molecule has 0 fully saturated rings. The summed E-state index contributed by atoms with van der Waals surface area (Å²) in [5, 5.41) is 4.18. The molecule has 19 heavy (non-hydrogen) atoms. The van der Waals surface area contributed by atoms with Crippen molar-refractivity contribution in [2.24, 2.45) is 0 Å². The van der Waals surface area contributed by atoms with Crippen LogP contribution in [0.4, 0.5) is 17.2 Å². The lowest BCUT2D eigenvalue weighted by atomic mass is 10.2. The Morgan fingerprint density at radius 3 is 2.58 bits per heavy atom. The van der Waals surface area contributed by atoms with Crippen LogP contribution in [0.3, 0.4) is 0 Å². The lowest BCUT2D eigenvalue weighted by Crippen LogP contribution is -1.99. The first-order chi connectivity index (χ1) is 9.01. The molecule has 1 aromatic heterocycles. The number of hydrogen-bond donors (Lipinski definition) is 2. The summed E-state index contributed by atoms with van der Waals surface area (Å²) >= 11 is 12.1. The van der Waals surface area contributed by atoms with E-state index in [-0.39, 0.29) is 0 Å². The van der Waals surface area contributed by atoms with E-state index in [2.05, 4.69) is 10.3 Å². The molecule has 0 amide bonds. The van der Waals surface area contributed by atoms with Crippen molar-refractivity contribution in [2.45, 2.75) is 6.92 Å². The number of nitrogens with one attached hydrogen (secondary N) is 1. The van der Waals surface area contributed by atoms with E-state index in [9.17, 15) is 0 Å². The molecule has 2 aromatic rings. The number of pyridine rings is 1. The third-order valence-corrected chi connectivity index (χ3v) is 3.29. The van der Waals surface area contributed by atoms with Gasteiger partial charge in [-0.25, -0.2) is 4.98 Å². The third kappa shape index (κ3) is 3.03. The Balaban J connectivity index is 2.40. The monoisotopic (exact) mass is 297 g/mol. The van der Waals surface area contributed by atoms with Crippen LogP contribution in [0.5, 0.6) is 5.75 Å². The van der Waals surface area contributed by atoms with E-state index in [0.717, 1.165) is 11.3 Å². The molecule has 0 aliphatic heterocycles. The topological polar surface area (TPSA) is 60.2 Å². The molecule has 0 atom stereocenters. The second-order valence-electron chi connectivity index (χ2n) is 4.03. The van der Waals surface area contributed by atoms with Gasteiger partial charge in [0.1, 0.15) is 11.6 Å². The largest absolute Gasteiger partial charge is 0.495 e. The molecule has 2 rings (SSSR count). The number of methoxy groups -OCH3 is 1. The van der Waals surface area contributed by atoms with Gasteiger partial charge in [0, 0.05) is 11.1 Å². The van der Waals surface area contributed by atoms with Gasteiger partial charge in [0.05, 0.1) is 29.7 Å². The number of hydrogen-bond acceptors (Lipinski definition) is 4. The van der Waals surface area contributed by atoms with Crippen molar-refractivity contribution < 1.29 is 4.74 Å². The minimum Gasteiger partial charge on any atom is -0.495 e. The first kappa shape index (κ1) is 13.8. The molecule has 100 valence electrons. The smallest absolute Gasteiger partial charge is 0.149 e. The number of benzene rings is 1. The number of anilines is 3. The summed E-state index contributed by atoms with van der Waals surface area (Å²) in [5.74, 6) is 1.13. The fourth-order valence-corrected chi connectivity index (χ4v) is 1.98. The second-order valence-corrected chi connectivity index (χ2v) is 4.84. The van der Waals surface area contributed by atoms with E-state index in [4.69, 9.17) is 33.7 Å². The molecule has 4 nitrogen and oxygen atoms in total. The van der Waals surface area contributed by atoms with Crippen molar-refractivity contribution >= 4 is 40.4 Å². The normalized spacial score (nSPS) is 10.3. The zero-order chi connectivity index (χ0) is 14.0. The zero-order valence-corrected chi connectivity index (χ0v) is 12.0. The lowest BCUT2D eigenvalue weighted by Gasteiger charge is -2.13. The van der Waals surface area contributed by atoms with Crippen LogP contribution < -0.4 is 15.8 Å². The number of halogens is 2. The van der Waals surface area contributed by atoms with E-state index in [1.807, 2.05) is 13.0 Å². The van der Waals surface area contributed by atoms with Crippen LogP contribution in [0.1, 0.15) is 5.56 Å². The molecule has 0 aliphatic rings. The predicted molar refractivity (Wildman–Crippen MR) is 79.7 cm³/mol. The zero-order valence-electron chi connectivity index (χ0n) is 10.5. The summed E-state index contributed by atoms with van der Waals surface area (Å²) in [6, 6.07) is 5.24. The van der Waals surface area contributed by atoms with Crippen molar-refractivity contribution in [1.29, 1.82) is 0 Å². The molecule has 1 aromatic carbocycles. The standard InChI is InChI=1S/C13H13Cl2N3O/c1-7-3-11(12(19-2)5-9(7)14)18-13-10(15)4-8(16)6-17-13/h3-6H,16H2,1-2H3,(H,17,18). The van der Waals surface area contributed by atoms with Gasteiger partial charge in [-0.1, -0.05) is 23.2 Å². The number of aryl methyl sites for hydroxylation is 1. The van der Waals surface area contributed by atoms with Crippen molar-refractivity contribution in [3.05, 3.63) is 40.0 Å². The highest BCUT2D eigenvalue weighted by Gasteiger charge is 2.10. The summed E-state index contributed by atoms with van der Waals surface area (Å²) in [4.78, 5) is 4.14. The average molecular weight is 298 g/mol. The Labute approximate surface area is 121 Å². The number of aromatic nitrogens is 1. The minimum absolute atomic E-state index is 0.439. The molecule has 0 saturated heterocycles. The molecule has 0 aliphatic carbocycles. The van der Waals surface area contributed by atoms with Crippen LogP contribution in [0.25, 0.3) is 0 Å². The van der Waals surface area contributed by atoms with Crippen molar-refractivity contribution in [1.82, 2.24) is 4.98 Å². The summed E-state index contributed by atoms with van der Waals surface area (Å²) in [7, 11) is 1.57. The van der Waals surface area contributed by atoms with Crippen molar-refractivity contribution in [2.75, 3.05) is 18.2 Å². The van der Waals surface area contributed by atoms with Gasteiger partial charge in [0.25, 0.3) is 0 Å². The molecule has 0 spiro atoms. The highest BCUT2D eigenvalue weighted by molar-refractivity contribution is 6.33. The Morgan fingerprint density at radius 2 is 1.95 bits per heavy atom. The highest BCUT2D eigenvalue weighted by atomic mass is 35.5. The highest BCUT2D eigenvalue weighted by Crippen LogP contribution is 2.34. The molecular formula is C13H13Cl2N3O. The Morgan fingerprint density at radius 1 is 1.21 bits per heavy atom. The fourth-order valence-electron chi connectivity index (χ4n) is 1.60. The first-order valence-corrected chi connectivity index (χ1v) is 6.29. The Bertz CT molecular complexity index is 617. The van der Waals surface area contributed by atoms with Crippen LogP contribution in [-0.4, -0.2) is 12.1 Å². The number of rotatable bonds is 3. The number of nitrogens with zero attached hydrogens (tertiary/aromatic N) is 1. The SMILES string of the molecule is COc1cc(Cl)c(C)cc1Nc1ncc(N)cc1Cl. The third-order valence-electron chi connectivity index (χ3n) is 2.60. The summed E-state index contributed by atoms with van der Waals surface area (Å²) in [5.41, 5.74) is 7.78. The molecular weight excluding hydrogens is 285 g/mol. The number of nitrogens with two attached hydrogens (primary N) is 1. The second kappa shape index (κ2) is 5.55. The van der Waals surface area contributed by atoms with Gasteiger partial charge >= 0.3 is 0 Å². The summed E-state index contributed by atoms with van der Waals surface area (Å²) in [6.45, 7) is 1.91.